The van der Waals surface area contributed by atoms with Crippen LogP contribution in [0.1, 0.15) is 87.4 Å². The number of aliphatic hydroxyl groups excluding tert-OH is 1. The minimum atomic E-state index is -0.994. The summed E-state index contributed by atoms with van der Waals surface area (Å²) in [7, 11) is 1.56. The Kier molecular flexibility index (Phi) is 7.28. The first-order valence-electron chi connectivity index (χ1n) is 14.1. The number of hydrogen-bond donors (Lipinski definition) is 3. The van der Waals surface area contributed by atoms with Gasteiger partial charge in [-0.05, 0) is 57.9 Å². The van der Waals surface area contributed by atoms with Crippen LogP contribution in [0.4, 0.5) is 0 Å². The average Bonchev–Trinajstić information content (AvgIpc) is 2.95. The number of aliphatic hydroxyl groups is 1. The van der Waals surface area contributed by atoms with Crippen molar-refractivity contribution in [3.05, 3.63) is 59.2 Å². The fourth-order valence-electron chi connectivity index (χ4n) is 6.14. The Hall–Kier alpha value is -3.63. The number of nitrogens with one attached hydrogen (secondary N) is 1. The number of ether oxygens (including phenoxy) is 3. The molecule has 2 amide bonds. The maximum absolute atomic E-state index is 13.7. The van der Waals surface area contributed by atoms with Gasteiger partial charge in [-0.25, -0.2) is 4.99 Å². The maximum atomic E-state index is 13.7. The highest BCUT2D eigenvalue weighted by molar-refractivity contribution is 6.00. The first-order chi connectivity index (χ1) is 19.4. The summed E-state index contributed by atoms with van der Waals surface area (Å²) >= 11 is 0. The van der Waals surface area contributed by atoms with Crippen molar-refractivity contribution >= 4 is 17.8 Å². The van der Waals surface area contributed by atoms with Crippen molar-refractivity contribution in [3.63, 3.8) is 0 Å². The molecule has 3 aliphatic heterocycles. The van der Waals surface area contributed by atoms with Crippen LogP contribution >= 0.6 is 0 Å². The van der Waals surface area contributed by atoms with Crippen molar-refractivity contribution < 1.29 is 28.9 Å². The van der Waals surface area contributed by atoms with Crippen LogP contribution in [0.2, 0.25) is 0 Å². The minimum Gasteiger partial charge on any atom is -0.490 e. The molecule has 220 valence electrons. The van der Waals surface area contributed by atoms with Crippen molar-refractivity contribution in [2.45, 2.75) is 88.8 Å². The monoisotopic (exact) mass is 564 g/mol. The molecule has 2 aromatic carbocycles. The van der Waals surface area contributed by atoms with Gasteiger partial charge in [-0.15, -0.1) is 0 Å². The Balaban J connectivity index is 1.53. The average molecular weight is 565 g/mol. The van der Waals surface area contributed by atoms with E-state index in [4.69, 9.17) is 24.9 Å². The molecule has 4 N–H and O–H groups in total. The standard InChI is InChI=1S/C31H40N4O6/c1-7-31(8-2)16-23(36)35(28(32)34-31)25-20-15-18(13-14-21(20)40-17-30(25,5)39-6)27(38)33-24-19-11-9-10-12-22(19)41-29(3,4)26(24)37/h9-15,24-26,37H,7-8,16-17H2,1-6H3,(H2,32,34)(H,33,38)/t24-,25-,26+,30-/m1/s1. The smallest absolute Gasteiger partial charge is 0.251 e. The quantitative estimate of drug-likeness (QED) is 0.488. The number of fused-ring (bicyclic) bond motifs is 2. The zero-order valence-electron chi connectivity index (χ0n) is 24.6. The van der Waals surface area contributed by atoms with Crippen molar-refractivity contribution in [1.29, 1.82) is 0 Å². The molecule has 0 bridgehead atoms. The number of benzene rings is 2. The summed E-state index contributed by atoms with van der Waals surface area (Å²) in [6, 6.07) is 11.1. The summed E-state index contributed by atoms with van der Waals surface area (Å²) in [4.78, 5) is 33.7. The van der Waals surface area contributed by atoms with Crippen molar-refractivity contribution in [2.24, 2.45) is 10.7 Å². The molecule has 0 aromatic heterocycles. The van der Waals surface area contributed by atoms with Gasteiger partial charge in [-0.1, -0.05) is 32.0 Å². The molecular formula is C31H40N4O6. The second-order valence-corrected chi connectivity index (χ2v) is 11.9. The van der Waals surface area contributed by atoms with Crippen LogP contribution in [0, 0.1) is 0 Å². The third-order valence-corrected chi connectivity index (χ3v) is 8.99. The Bertz CT molecular complexity index is 1390. The lowest BCUT2D eigenvalue weighted by molar-refractivity contribution is -0.143. The summed E-state index contributed by atoms with van der Waals surface area (Å²) in [5, 5.41) is 14.1. The van der Waals surface area contributed by atoms with Crippen molar-refractivity contribution in [2.75, 3.05) is 13.7 Å². The number of aliphatic imine (C=N–C) groups is 1. The van der Waals surface area contributed by atoms with E-state index in [1.54, 1.807) is 39.2 Å². The zero-order valence-corrected chi connectivity index (χ0v) is 24.6. The lowest BCUT2D eigenvalue weighted by atomic mass is 9.82. The number of nitrogens with two attached hydrogens (primary N) is 1. The molecule has 0 saturated carbocycles. The topological polar surface area (TPSA) is 136 Å². The van der Waals surface area contributed by atoms with E-state index >= 15 is 0 Å². The molecule has 0 radical (unpaired) electrons. The van der Waals surface area contributed by atoms with Gasteiger partial charge in [0.25, 0.3) is 5.91 Å². The largest absolute Gasteiger partial charge is 0.490 e. The molecule has 5 rings (SSSR count). The molecule has 3 heterocycles. The summed E-state index contributed by atoms with van der Waals surface area (Å²) in [5.41, 5.74) is 5.71. The van der Waals surface area contributed by atoms with E-state index in [0.29, 0.717) is 41.0 Å². The van der Waals surface area contributed by atoms with Crippen molar-refractivity contribution in [1.82, 2.24) is 10.2 Å². The van der Waals surface area contributed by atoms with Crippen LogP contribution in [0.5, 0.6) is 11.5 Å². The molecule has 10 nitrogen and oxygen atoms in total. The third kappa shape index (κ3) is 4.82. The number of carbonyl (C=O) groups excluding carboxylic acids is 2. The SMILES string of the molecule is CCC1(CC)CC(=O)N([C@@H]2c3cc(C(=O)N[C@@H]4c5ccccc5OC(C)(C)[C@H]4O)ccc3OC[C@@]2(C)OC)C(N)=N1. The van der Waals surface area contributed by atoms with Gasteiger partial charge in [-0.3, -0.25) is 14.5 Å². The van der Waals surface area contributed by atoms with Crippen molar-refractivity contribution in [3.8, 4) is 11.5 Å². The predicted molar refractivity (Wildman–Crippen MR) is 154 cm³/mol. The lowest BCUT2D eigenvalue weighted by Gasteiger charge is -2.48. The summed E-state index contributed by atoms with van der Waals surface area (Å²) in [5.74, 6) is 0.723. The highest BCUT2D eigenvalue weighted by Crippen LogP contribution is 2.46. The number of amides is 2. The summed E-state index contributed by atoms with van der Waals surface area (Å²) in [6.45, 7) is 9.61. The van der Waals surface area contributed by atoms with E-state index in [1.807, 2.05) is 45.0 Å². The predicted octanol–water partition coefficient (Wildman–Crippen LogP) is 3.63. The molecule has 0 spiro atoms. The summed E-state index contributed by atoms with van der Waals surface area (Å²) in [6.07, 6.45) is 0.617. The van der Waals surface area contributed by atoms with Crippen LogP contribution < -0.4 is 20.5 Å². The van der Waals surface area contributed by atoms with Gasteiger partial charge in [-0.2, -0.15) is 0 Å². The second-order valence-electron chi connectivity index (χ2n) is 11.9. The lowest BCUT2D eigenvalue weighted by Crippen LogP contribution is -2.60. The molecule has 0 fully saturated rings. The van der Waals surface area contributed by atoms with E-state index in [2.05, 4.69) is 5.32 Å². The highest BCUT2D eigenvalue weighted by atomic mass is 16.5. The highest BCUT2D eigenvalue weighted by Gasteiger charge is 2.51. The van der Waals surface area contributed by atoms with Gasteiger partial charge in [0.05, 0.1) is 18.0 Å². The van der Waals surface area contributed by atoms with E-state index in [0.717, 1.165) is 0 Å². The van der Waals surface area contributed by atoms with E-state index in [1.165, 1.54) is 4.90 Å². The van der Waals surface area contributed by atoms with Crippen LogP contribution in [0.25, 0.3) is 0 Å². The first-order valence-corrected chi connectivity index (χ1v) is 14.1. The van der Waals surface area contributed by atoms with Gasteiger partial charge in [0.2, 0.25) is 5.91 Å². The molecule has 0 unspecified atom stereocenters. The number of carbonyl (C=O) groups is 2. The number of guanidine groups is 1. The van der Waals surface area contributed by atoms with Gasteiger partial charge < -0.3 is 30.4 Å². The minimum absolute atomic E-state index is 0.130. The Morgan fingerprint density at radius 2 is 1.85 bits per heavy atom. The molecular weight excluding hydrogens is 524 g/mol. The molecule has 41 heavy (non-hydrogen) atoms. The molecule has 0 saturated heterocycles. The third-order valence-electron chi connectivity index (χ3n) is 8.99. The van der Waals surface area contributed by atoms with Crippen LogP contribution in [0.3, 0.4) is 0 Å². The van der Waals surface area contributed by atoms with Crippen LogP contribution in [-0.4, -0.2) is 64.3 Å². The van der Waals surface area contributed by atoms with Gasteiger partial charge in [0.1, 0.15) is 41.5 Å². The number of nitrogens with zero attached hydrogens (tertiary/aromatic N) is 2. The Morgan fingerprint density at radius 1 is 1.15 bits per heavy atom. The van der Waals surface area contributed by atoms with Crippen LogP contribution in [0.15, 0.2) is 47.5 Å². The Labute approximate surface area is 240 Å². The van der Waals surface area contributed by atoms with E-state index in [9.17, 15) is 14.7 Å². The normalized spacial score (nSPS) is 28.0. The number of rotatable bonds is 6. The molecule has 3 aliphatic rings. The fourth-order valence-corrected chi connectivity index (χ4v) is 6.14. The van der Waals surface area contributed by atoms with E-state index in [-0.39, 0.29) is 24.9 Å². The molecule has 10 heteroatoms. The number of methoxy groups -OCH3 is 1. The summed E-state index contributed by atoms with van der Waals surface area (Å²) < 4.78 is 18.0. The van der Waals surface area contributed by atoms with Crippen LogP contribution in [-0.2, 0) is 9.53 Å². The van der Waals surface area contributed by atoms with Gasteiger partial charge in [0.15, 0.2) is 5.96 Å². The molecule has 4 atom stereocenters. The number of para-hydroxylation sites is 1. The Morgan fingerprint density at radius 3 is 2.51 bits per heavy atom. The molecule has 0 aliphatic carbocycles. The van der Waals surface area contributed by atoms with E-state index < -0.39 is 40.8 Å². The zero-order chi connectivity index (χ0) is 29.7. The fraction of sp³-hybridized carbons (Fsp3) is 0.516. The van der Waals surface area contributed by atoms with Gasteiger partial charge >= 0.3 is 0 Å². The first kappa shape index (κ1) is 28.9. The van der Waals surface area contributed by atoms with Gasteiger partial charge in [0, 0.05) is 23.8 Å². The molecule has 2 aromatic rings. The second kappa shape index (κ2) is 10.3. The maximum Gasteiger partial charge on any atom is 0.251 e. The number of hydrogen-bond acceptors (Lipinski definition) is 8.